The van der Waals surface area contributed by atoms with Gasteiger partial charge in [0.05, 0.1) is 5.75 Å². The maximum Gasteiger partial charge on any atom is 0.268 e. The molecule has 0 aromatic heterocycles. The molecule has 0 aromatic carbocycles. The van der Waals surface area contributed by atoms with E-state index in [1.807, 2.05) is 6.08 Å². The van der Waals surface area contributed by atoms with Crippen molar-refractivity contribution in [2.45, 2.75) is 33.1 Å². The summed E-state index contributed by atoms with van der Waals surface area (Å²) in [6.07, 6.45) is 4.77. The number of hydrogen-bond donors (Lipinski definition) is 1. The van der Waals surface area contributed by atoms with Gasteiger partial charge in [0.1, 0.15) is 0 Å². The van der Waals surface area contributed by atoms with E-state index < -0.39 is 10.1 Å². The molecule has 0 spiro atoms. The first-order valence-corrected chi connectivity index (χ1v) is 6.62. The second-order valence-electron chi connectivity index (χ2n) is 4.37. The normalized spacial score (nSPS) is 23.7. The molecule has 0 saturated carbocycles. The van der Waals surface area contributed by atoms with Crippen molar-refractivity contribution in [1.29, 1.82) is 0 Å². The Balaban J connectivity index is 2.54. The van der Waals surface area contributed by atoms with Crippen LogP contribution in [-0.4, -0.2) is 18.7 Å². The number of rotatable bonds is 3. The zero-order valence-corrected chi connectivity index (χ0v) is 9.55. The van der Waals surface area contributed by atoms with Gasteiger partial charge in [0, 0.05) is 0 Å². The predicted octanol–water partition coefficient (Wildman–Crippen LogP) is 2.26. The van der Waals surface area contributed by atoms with Crippen molar-refractivity contribution >= 4 is 10.1 Å². The van der Waals surface area contributed by atoms with Crippen molar-refractivity contribution in [3.05, 3.63) is 11.6 Å². The van der Waals surface area contributed by atoms with E-state index in [9.17, 15) is 8.42 Å². The van der Waals surface area contributed by atoms with Crippen molar-refractivity contribution in [3.63, 3.8) is 0 Å². The maximum atomic E-state index is 10.6. The molecule has 4 heteroatoms. The third-order valence-corrected chi connectivity index (χ3v) is 3.59. The Hall–Kier alpha value is -0.350. The summed E-state index contributed by atoms with van der Waals surface area (Å²) < 4.78 is 29.9. The van der Waals surface area contributed by atoms with Gasteiger partial charge in [-0.15, -0.1) is 0 Å². The molecule has 0 aromatic rings. The van der Waals surface area contributed by atoms with Crippen LogP contribution in [0.15, 0.2) is 11.6 Å². The van der Waals surface area contributed by atoms with E-state index in [1.165, 1.54) is 0 Å². The molecule has 1 unspecified atom stereocenters. The van der Waals surface area contributed by atoms with Crippen LogP contribution in [0.2, 0.25) is 0 Å². The first-order chi connectivity index (χ1) is 6.38. The Morgan fingerprint density at radius 1 is 1.57 bits per heavy atom. The third kappa shape index (κ3) is 3.80. The first kappa shape index (κ1) is 11.7. The Labute approximate surface area is 86.0 Å². The summed E-state index contributed by atoms with van der Waals surface area (Å²) in [6, 6.07) is 0. The lowest BCUT2D eigenvalue weighted by molar-refractivity contribution is 0.350. The van der Waals surface area contributed by atoms with Crippen molar-refractivity contribution in [3.8, 4) is 0 Å². The molecule has 0 saturated heterocycles. The standard InChI is InChI=1S/C10H18O3S/c1-8(2)10-5-3-9(4-6-10)7-14(11,12)13/h3,8,10H,4-7H2,1-2H3,(H,11,12,13). The van der Waals surface area contributed by atoms with Gasteiger partial charge in [-0.1, -0.05) is 25.5 Å². The van der Waals surface area contributed by atoms with Crippen molar-refractivity contribution in [2.75, 3.05) is 5.75 Å². The molecule has 1 atom stereocenters. The minimum atomic E-state index is -3.83. The second-order valence-corrected chi connectivity index (χ2v) is 5.82. The highest BCUT2D eigenvalue weighted by atomic mass is 32.2. The molecule has 14 heavy (non-hydrogen) atoms. The summed E-state index contributed by atoms with van der Waals surface area (Å²) in [5.41, 5.74) is 0.865. The predicted molar refractivity (Wildman–Crippen MR) is 56.7 cm³/mol. The first-order valence-electron chi connectivity index (χ1n) is 5.01. The lowest BCUT2D eigenvalue weighted by Crippen LogP contribution is -2.15. The lowest BCUT2D eigenvalue weighted by atomic mass is 9.83. The van der Waals surface area contributed by atoms with E-state index in [4.69, 9.17) is 4.55 Å². The van der Waals surface area contributed by atoms with Crippen LogP contribution in [0.4, 0.5) is 0 Å². The smallest absolute Gasteiger partial charge is 0.268 e. The van der Waals surface area contributed by atoms with E-state index in [0.717, 1.165) is 24.8 Å². The lowest BCUT2D eigenvalue weighted by Gasteiger charge is -2.24. The summed E-state index contributed by atoms with van der Waals surface area (Å²) in [7, 11) is -3.83. The highest BCUT2D eigenvalue weighted by molar-refractivity contribution is 7.85. The average Bonchev–Trinajstić information content (AvgIpc) is 2.02. The van der Waals surface area contributed by atoms with Crippen LogP contribution in [0.3, 0.4) is 0 Å². The van der Waals surface area contributed by atoms with Crippen LogP contribution in [0.1, 0.15) is 33.1 Å². The number of allylic oxidation sites excluding steroid dienone is 1. The molecule has 0 radical (unpaired) electrons. The average molecular weight is 218 g/mol. The Bertz CT molecular complexity index is 314. The van der Waals surface area contributed by atoms with Crippen LogP contribution in [0, 0.1) is 11.8 Å². The highest BCUT2D eigenvalue weighted by Gasteiger charge is 2.19. The fraction of sp³-hybridized carbons (Fsp3) is 0.800. The molecule has 1 aliphatic carbocycles. The fourth-order valence-corrected chi connectivity index (χ4v) is 2.61. The van der Waals surface area contributed by atoms with E-state index in [1.54, 1.807) is 0 Å². The molecule has 1 aliphatic rings. The monoisotopic (exact) mass is 218 g/mol. The van der Waals surface area contributed by atoms with Crippen molar-refractivity contribution in [2.24, 2.45) is 11.8 Å². The van der Waals surface area contributed by atoms with E-state index in [-0.39, 0.29) is 5.75 Å². The van der Waals surface area contributed by atoms with Crippen LogP contribution >= 0.6 is 0 Å². The van der Waals surface area contributed by atoms with Crippen LogP contribution < -0.4 is 0 Å². The zero-order valence-electron chi connectivity index (χ0n) is 8.73. The van der Waals surface area contributed by atoms with Gasteiger partial charge < -0.3 is 0 Å². The summed E-state index contributed by atoms with van der Waals surface area (Å²) in [6.45, 7) is 4.37. The topological polar surface area (TPSA) is 54.4 Å². The third-order valence-electron chi connectivity index (χ3n) is 2.86. The van der Waals surface area contributed by atoms with Gasteiger partial charge in [-0.05, 0) is 31.1 Å². The van der Waals surface area contributed by atoms with Gasteiger partial charge in [-0.2, -0.15) is 8.42 Å². The summed E-state index contributed by atoms with van der Waals surface area (Å²) >= 11 is 0. The Morgan fingerprint density at radius 2 is 2.21 bits per heavy atom. The zero-order chi connectivity index (χ0) is 10.8. The minimum Gasteiger partial charge on any atom is -0.285 e. The molecule has 82 valence electrons. The van der Waals surface area contributed by atoms with E-state index >= 15 is 0 Å². The summed E-state index contributed by atoms with van der Waals surface area (Å²) in [5, 5.41) is 0. The molecule has 0 bridgehead atoms. The molecule has 0 fully saturated rings. The molecule has 0 aliphatic heterocycles. The minimum absolute atomic E-state index is 0.183. The highest BCUT2D eigenvalue weighted by Crippen LogP contribution is 2.29. The van der Waals surface area contributed by atoms with E-state index in [0.29, 0.717) is 11.8 Å². The van der Waals surface area contributed by atoms with Crippen LogP contribution in [-0.2, 0) is 10.1 Å². The van der Waals surface area contributed by atoms with Crippen LogP contribution in [0.5, 0.6) is 0 Å². The summed E-state index contributed by atoms with van der Waals surface area (Å²) in [4.78, 5) is 0. The quantitative estimate of drug-likeness (QED) is 0.584. The molecule has 1 rings (SSSR count). The Morgan fingerprint density at radius 3 is 2.57 bits per heavy atom. The van der Waals surface area contributed by atoms with Gasteiger partial charge in [0.25, 0.3) is 10.1 Å². The van der Waals surface area contributed by atoms with Gasteiger partial charge >= 0.3 is 0 Å². The largest absolute Gasteiger partial charge is 0.285 e. The second kappa shape index (κ2) is 4.45. The van der Waals surface area contributed by atoms with Crippen LogP contribution in [0.25, 0.3) is 0 Å². The SMILES string of the molecule is CC(C)C1CC=C(CS(=O)(=O)O)CC1. The fourth-order valence-electron chi connectivity index (χ4n) is 1.88. The maximum absolute atomic E-state index is 10.6. The molecular weight excluding hydrogens is 200 g/mol. The van der Waals surface area contributed by atoms with Gasteiger partial charge in [-0.25, -0.2) is 0 Å². The van der Waals surface area contributed by atoms with E-state index in [2.05, 4.69) is 13.8 Å². The molecule has 0 heterocycles. The molecule has 1 N–H and O–H groups in total. The molecule has 3 nitrogen and oxygen atoms in total. The molecular formula is C10H18O3S. The molecule has 0 amide bonds. The number of hydrogen-bond acceptors (Lipinski definition) is 2. The Kier molecular flexibility index (Phi) is 3.72. The van der Waals surface area contributed by atoms with Crippen molar-refractivity contribution in [1.82, 2.24) is 0 Å². The summed E-state index contributed by atoms with van der Waals surface area (Å²) in [5.74, 6) is 1.14. The van der Waals surface area contributed by atoms with Gasteiger partial charge in [0.15, 0.2) is 0 Å². The van der Waals surface area contributed by atoms with Crippen molar-refractivity contribution < 1.29 is 13.0 Å². The van der Waals surface area contributed by atoms with Gasteiger partial charge in [-0.3, -0.25) is 4.55 Å². The van der Waals surface area contributed by atoms with Gasteiger partial charge in [0.2, 0.25) is 0 Å².